The molecule has 112 valence electrons. The lowest BCUT2D eigenvalue weighted by Gasteiger charge is -2.32. The van der Waals surface area contributed by atoms with Gasteiger partial charge in [0, 0.05) is 25.3 Å². The molecule has 3 atom stereocenters. The van der Waals surface area contributed by atoms with Gasteiger partial charge in [0.2, 0.25) is 5.91 Å². The number of likely N-dealkylation sites (tertiary alicyclic amines) is 1. The molecule has 1 amide bonds. The first-order chi connectivity index (χ1) is 10.3. The van der Waals surface area contributed by atoms with E-state index in [0.29, 0.717) is 0 Å². The van der Waals surface area contributed by atoms with E-state index < -0.39 is 0 Å². The second-order valence-electron chi connectivity index (χ2n) is 6.66. The molecule has 1 aliphatic carbocycles. The molecule has 4 heteroatoms. The Morgan fingerprint density at radius 3 is 2.81 bits per heavy atom. The lowest BCUT2D eigenvalue weighted by atomic mass is 9.99. The number of carbonyl (C=O) groups is 1. The number of nitrogens with zero attached hydrogens (tertiary/aromatic N) is 1. The molecule has 3 aliphatic rings. The zero-order valence-electron chi connectivity index (χ0n) is 12.2. The maximum absolute atomic E-state index is 12.5. The number of para-hydroxylation sites is 1. The highest BCUT2D eigenvalue weighted by Gasteiger charge is 2.45. The van der Waals surface area contributed by atoms with Gasteiger partial charge >= 0.3 is 0 Å². The van der Waals surface area contributed by atoms with Crippen LogP contribution in [0.15, 0.2) is 30.3 Å². The summed E-state index contributed by atoms with van der Waals surface area (Å²) in [5, 5.41) is 3.03. The van der Waals surface area contributed by atoms with Gasteiger partial charge in [-0.25, -0.2) is 0 Å². The quantitative estimate of drug-likeness (QED) is 0.922. The standard InChI is InChI=1S/C17H22N2O2/c20-17(18-13-4-2-1-3-5-13)15-8-14-10-19(9-12-6-7-12)11-16(15)21-14/h1-5,12,14-16H,6-11H2,(H,18,20)/t14-,15+,16-/m0/s1. The van der Waals surface area contributed by atoms with E-state index in [1.165, 1.54) is 19.4 Å². The first-order valence-electron chi connectivity index (χ1n) is 8.01. The van der Waals surface area contributed by atoms with Gasteiger partial charge in [0.1, 0.15) is 0 Å². The average Bonchev–Trinajstić information content (AvgIpc) is 3.24. The number of hydrogen-bond donors (Lipinski definition) is 1. The van der Waals surface area contributed by atoms with Crippen LogP contribution in [0, 0.1) is 11.8 Å². The summed E-state index contributed by atoms with van der Waals surface area (Å²) in [5.41, 5.74) is 0.874. The van der Waals surface area contributed by atoms with Crippen molar-refractivity contribution >= 4 is 11.6 Å². The normalized spacial score (nSPS) is 32.1. The van der Waals surface area contributed by atoms with Crippen molar-refractivity contribution in [1.82, 2.24) is 4.90 Å². The largest absolute Gasteiger partial charge is 0.371 e. The number of morpholine rings is 1. The smallest absolute Gasteiger partial charge is 0.230 e. The monoisotopic (exact) mass is 286 g/mol. The summed E-state index contributed by atoms with van der Waals surface area (Å²) in [6, 6.07) is 9.70. The number of fused-ring (bicyclic) bond motifs is 2. The van der Waals surface area contributed by atoms with E-state index in [9.17, 15) is 4.79 Å². The number of carbonyl (C=O) groups excluding carboxylic acids is 1. The van der Waals surface area contributed by atoms with Gasteiger partial charge in [0.15, 0.2) is 0 Å². The molecule has 1 N–H and O–H groups in total. The molecule has 21 heavy (non-hydrogen) atoms. The Morgan fingerprint density at radius 1 is 1.24 bits per heavy atom. The Bertz CT molecular complexity index is 515. The maximum atomic E-state index is 12.5. The molecule has 2 heterocycles. The molecule has 1 aromatic rings. The van der Waals surface area contributed by atoms with Crippen LogP contribution in [-0.4, -0.2) is 42.6 Å². The first-order valence-corrected chi connectivity index (χ1v) is 8.01. The van der Waals surface area contributed by atoms with Crippen molar-refractivity contribution in [3.8, 4) is 0 Å². The highest BCUT2D eigenvalue weighted by atomic mass is 16.5. The number of amides is 1. The van der Waals surface area contributed by atoms with Crippen LogP contribution in [0.5, 0.6) is 0 Å². The SMILES string of the molecule is O=C(Nc1ccccc1)[C@@H]1C[C@H]2CN(CC3CC3)C[C@@H]1O2. The summed E-state index contributed by atoms with van der Waals surface area (Å²) in [6.07, 6.45) is 3.94. The summed E-state index contributed by atoms with van der Waals surface area (Å²) in [4.78, 5) is 15.0. The third-order valence-corrected chi connectivity index (χ3v) is 4.82. The Kier molecular flexibility index (Phi) is 3.43. The van der Waals surface area contributed by atoms with Crippen molar-refractivity contribution in [2.45, 2.75) is 31.5 Å². The van der Waals surface area contributed by atoms with Crippen molar-refractivity contribution in [2.75, 3.05) is 25.0 Å². The van der Waals surface area contributed by atoms with Crippen LogP contribution >= 0.6 is 0 Å². The van der Waals surface area contributed by atoms with E-state index >= 15 is 0 Å². The van der Waals surface area contributed by atoms with E-state index in [1.807, 2.05) is 30.3 Å². The van der Waals surface area contributed by atoms with Crippen molar-refractivity contribution in [1.29, 1.82) is 0 Å². The van der Waals surface area contributed by atoms with E-state index in [0.717, 1.165) is 31.1 Å². The Morgan fingerprint density at radius 2 is 2.05 bits per heavy atom. The zero-order valence-corrected chi connectivity index (χ0v) is 12.2. The number of anilines is 1. The van der Waals surface area contributed by atoms with Gasteiger partial charge in [-0.1, -0.05) is 18.2 Å². The van der Waals surface area contributed by atoms with Crippen molar-refractivity contribution < 1.29 is 9.53 Å². The Labute approximate surface area is 125 Å². The predicted molar refractivity (Wildman–Crippen MR) is 81.0 cm³/mol. The van der Waals surface area contributed by atoms with Crippen molar-refractivity contribution in [3.63, 3.8) is 0 Å². The lowest BCUT2D eigenvalue weighted by Crippen LogP contribution is -2.45. The molecule has 0 radical (unpaired) electrons. The molecule has 3 fully saturated rings. The fourth-order valence-corrected chi connectivity index (χ4v) is 3.58. The number of benzene rings is 1. The second-order valence-corrected chi connectivity index (χ2v) is 6.66. The molecule has 1 saturated carbocycles. The average molecular weight is 286 g/mol. The Hall–Kier alpha value is -1.39. The third kappa shape index (κ3) is 2.97. The molecule has 2 aliphatic heterocycles. The Balaban J connectivity index is 1.38. The maximum Gasteiger partial charge on any atom is 0.230 e. The highest BCUT2D eigenvalue weighted by Crippen LogP contribution is 2.36. The zero-order chi connectivity index (χ0) is 14.2. The first kappa shape index (κ1) is 13.3. The molecular weight excluding hydrogens is 264 g/mol. The molecule has 2 saturated heterocycles. The molecule has 0 spiro atoms. The predicted octanol–water partition coefficient (Wildman–Crippen LogP) is 2.12. The number of hydrogen-bond acceptors (Lipinski definition) is 3. The van der Waals surface area contributed by atoms with Crippen LogP contribution in [-0.2, 0) is 9.53 Å². The van der Waals surface area contributed by atoms with Crippen LogP contribution in [0.2, 0.25) is 0 Å². The van der Waals surface area contributed by atoms with Crippen molar-refractivity contribution in [2.24, 2.45) is 11.8 Å². The number of ether oxygens (including phenoxy) is 1. The minimum atomic E-state index is -0.000547. The summed E-state index contributed by atoms with van der Waals surface area (Å²) >= 11 is 0. The van der Waals surface area contributed by atoms with E-state index in [1.54, 1.807) is 0 Å². The van der Waals surface area contributed by atoms with Gasteiger partial charge in [0.05, 0.1) is 18.1 Å². The molecule has 4 rings (SSSR count). The highest BCUT2D eigenvalue weighted by molar-refractivity contribution is 5.93. The molecule has 1 aromatic carbocycles. The van der Waals surface area contributed by atoms with Crippen LogP contribution in [0.25, 0.3) is 0 Å². The topological polar surface area (TPSA) is 41.6 Å². The van der Waals surface area contributed by atoms with Gasteiger partial charge in [0.25, 0.3) is 0 Å². The van der Waals surface area contributed by atoms with Gasteiger partial charge in [-0.3, -0.25) is 9.69 Å². The summed E-state index contributed by atoms with van der Waals surface area (Å²) in [5.74, 6) is 1.01. The van der Waals surface area contributed by atoms with Crippen LogP contribution < -0.4 is 5.32 Å². The lowest BCUT2D eigenvalue weighted by molar-refractivity contribution is -0.122. The minimum absolute atomic E-state index is 0.000547. The van der Waals surface area contributed by atoms with E-state index in [-0.39, 0.29) is 24.0 Å². The van der Waals surface area contributed by atoms with Gasteiger partial charge in [-0.15, -0.1) is 0 Å². The minimum Gasteiger partial charge on any atom is -0.371 e. The molecular formula is C17H22N2O2. The fraction of sp³-hybridized carbons (Fsp3) is 0.588. The number of nitrogens with one attached hydrogen (secondary N) is 1. The molecule has 2 bridgehead atoms. The van der Waals surface area contributed by atoms with Crippen LogP contribution in [0.3, 0.4) is 0 Å². The van der Waals surface area contributed by atoms with E-state index in [2.05, 4.69) is 10.2 Å². The fourth-order valence-electron chi connectivity index (χ4n) is 3.58. The van der Waals surface area contributed by atoms with Crippen LogP contribution in [0.4, 0.5) is 5.69 Å². The summed E-state index contributed by atoms with van der Waals surface area (Å²) in [7, 11) is 0. The van der Waals surface area contributed by atoms with Crippen molar-refractivity contribution in [3.05, 3.63) is 30.3 Å². The van der Waals surface area contributed by atoms with Crippen LogP contribution in [0.1, 0.15) is 19.3 Å². The van der Waals surface area contributed by atoms with Gasteiger partial charge in [-0.05, 0) is 37.3 Å². The summed E-state index contributed by atoms with van der Waals surface area (Å²) < 4.78 is 6.00. The molecule has 0 aromatic heterocycles. The third-order valence-electron chi connectivity index (χ3n) is 4.82. The molecule has 0 unspecified atom stereocenters. The molecule has 4 nitrogen and oxygen atoms in total. The van der Waals surface area contributed by atoms with Gasteiger partial charge in [-0.2, -0.15) is 0 Å². The van der Waals surface area contributed by atoms with Gasteiger partial charge < -0.3 is 10.1 Å². The second kappa shape index (κ2) is 5.43. The van der Waals surface area contributed by atoms with E-state index in [4.69, 9.17) is 4.74 Å². The summed E-state index contributed by atoms with van der Waals surface area (Å²) in [6.45, 7) is 3.12. The number of rotatable bonds is 4.